The summed E-state index contributed by atoms with van der Waals surface area (Å²) in [6, 6.07) is 11.9. The van der Waals surface area contributed by atoms with Crippen molar-refractivity contribution in [2.75, 3.05) is 5.43 Å². The van der Waals surface area contributed by atoms with Crippen molar-refractivity contribution in [2.24, 2.45) is 5.10 Å². The van der Waals surface area contributed by atoms with Gasteiger partial charge in [0.2, 0.25) is 0 Å². The van der Waals surface area contributed by atoms with Crippen molar-refractivity contribution >= 4 is 34.5 Å². The molecule has 1 aromatic carbocycles. The highest BCUT2D eigenvalue weighted by atomic mass is 127. The second-order valence-corrected chi connectivity index (χ2v) is 4.41. The van der Waals surface area contributed by atoms with Crippen molar-refractivity contribution in [1.29, 1.82) is 0 Å². The van der Waals surface area contributed by atoms with Crippen molar-refractivity contribution in [2.45, 2.75) is 0 Å². The molecule has 2 rings (SSSR count). The van der Waals surface area contributed by atoms with Crippen LogP contribution in [0.2, 0.25) is 0 Å². The minimum absolute atomic E-state index is 0.879. The van der Waals surface area contributed by atoms with Gasteiger partial charge in [0.1, 0.15) is 0 Å². The third-order valence-corrected chi connectivity index (χ3v) is 2.66. The molecule has 0 bridgehead atoms. The number of hydrogen-bond donors (Lipinski definition) is 1. The number of anilines is 1. The third-order valence-electron chi connectivity index (χ3n) is 1.94. The monoisotopic (exact) mass is 323 g/mol. The van der Waals surface area contributed by atoms with Crippen LogP contribution in [0.5, 0.6) is 0 Å². The van der Waals surface area contributed by atoms with Gasteiger partial charge >= 0.3 is 0 Å². The largest absolute Gasteiger partial charge is 0.277 e. The zero-order valence-electron chi connectivity index (χ0n) is 8.47. The average Bonchev–Trinajstić information content (AvgIpc) is 2.33. The molecule has 16 heavy (non-hydrogen) atoms. The van der Waals surface area contributed by atoms with Crippen LogP contribution in [0.4, 0.5) is 5.69 Å². The summed E-state index contributed by atoms with van der Waals surface area (Å²) in [5.74, 6) is 0. The number of benzene rings is 1. The maximum absolute atomic E-state index is 4.12. The molecule has 0 spiro atoms. The SMILES string of the molecule is Ic1ccc(C=NNc2cccnc2)cc1. The fourth-order valence-electron chi connectivity index (χ4n) is 1.16. The van der Waals surface area contributed by atoms with Crippen molar-refractivity contribution in [3.8, 4) is 0 Å². The predicted octanol–water partition coefficient (Wildman–Crippen LogP) is 3.13. The Bertz CT molecular complexity index is 465. The molecule has 0 fully saturated rings. The van der Waals surface area contributed by atoms with E-state index >= 15 is 0 Å². The predicted molar refractivity (Wildman–Crippen MR) is 74.6 cm³/mol. The zero-order chi connectivity index (χ0) is 11.2. The highest BCUT2D eigenvalue weighted by Crippen LogP contribution is 2.05. The highest BCUT2D eigenvalue weighted by molar-refractivity contribution is 14.1. The van der Waals surface area contributed by atoms with E-state index < -0.39 is 0 Å². The number of pyridine rings is 1. The van der Waals surface area contributed by atoms with Gasteiger partial charge in [0.25, 0.3) is 0 Å². The lowest BCUT2D eigenvalue weighted by Gasteiger charge is -1.97. The molecule has 0 amide bonds. The lowest BCUT2D eigenvalue weighted by molar-refractivity contribution is 1.27. The van der Waals surface area contributed by atoms with Crippen LogP contribution >= 0.6 is 22.6 Å². The molecule has 2 aromatic rings. The Balaban J connectivity index is 1.98. The Morgan fingerprint density at radius 1 is 1.19 bits per heavy atom. The van der Waals surface area contributed by atoms with Gasteiger partial charge in [0, 0.05) is 9.77 Å². The molecule has 0 saturated heterocycles. The molecule has 0 atom stereocenters. The molecule has 0 aliphatic rings. The molecular formula is C12H10IN3. The molecule has 4 heteroatoms. The molecular weight excluding hydrogens is 313 g/mol. The molecule has 0 saturated carbocycles. The van der Waals surface area contributed by atoms with Crippen molar-refractivity contribution in [3.05, 3.63) is 57.9 Å². The Hall–Kier alpha value is -1.43. The van der Waals surface area contributed by atoms with Crippen LogP contribution in [0.15, 0.2) is 53.9 Å². The standard InChI is InChI=1S/C12H10IN3/c13-11-5-3-10(4-6-11)8-15-16-12-2-1-7-14-9-12/h1-9,16H. The van der Waals surface area contributed by atoms with E-state index in [1.807, 2.05) is 36.4 Å². The van der Waals surface area contributed by atoms with Gasteiger partial charge in [-0.05, 0) is 52.4 Å². The molecule has 0 unspecified atom stereocenters. The Labute approximate surface area is 108 Å². The van der Waals surface area contributed by atoms with E-state index in [2.05, 4.69) is 38.1 Å². The zero-order valence-corrected chi connectivity index (χ0v) is 10.6. The van der Waals surface area contributed by atoms with Gasteiger partial charge in [-0.1, -0.05) is 12.1 Å². The summed E-state index contributed by atoms with van der Waals surface area (Å²) in [7, 11) is 0. The van der Waals surface area contributed by atoms with Crippen LogP contribution in [0, 0.1) is 3.57 Å². The van der Waals surface area contributed by atoms with E-state index in [-0.39, 0.29) is 0 Å². The molecule has 1 heterocycles. The highest BCUT2D eigenvalue weighted by Gasteiger charge is 1.88. The first kappa shape index (κ1) is 11.1. The van der Waals surface area contributed by atoms with Gasteiger partial charge in [-0.15, -0.1) is 0 Å². The van der Waals surface area contributed by atoms with E-state index in [0.29, 0.717) is 0 Å². The van der Waals surface area contributed by atoms with Gasteiger partial charge in [0.05, 0.1) is 18.1 Å². The van der Waals surface area contributed by atoms with Crippen LogP contribution in [0.3, 0.4) is 0 Å². The van der Waals surface area contributed by atoms with E-state index in [1.165, 1.54) is 3.57 Å². The number of aromatic nitrogens is 1. The maximum atomic E-state index is 4.12. The van der Waals surface area contributed by atoms with Crippen molar-refractivity contribution in [3.63, 3.8) is 0 Å². The Morgan fingerprint density at radius 2 is 2.00 bits per heavy atom. The lowest BCUT2D eigenvalue weighted by Crippen LogP contribution is -1.90. The normalized spacial score (nSPS) is 10.6. The molecule has 3 nitrogen and oxygen atoms in total. The Kier molecular flexibility index (Phi) is 3.87. The third kappa shape index (κ3) is 3.30. The van der Waals surface area contributed by atoms with E-state index in [9.17, 15) is 0 Å². The van der Waals surface area contributed by atoms with Crippen molar-refractivity contribution in [1.82, 2.24) is 4.98 Å². The Morgan fingerprint density at radius 3 is 2.69 bits per heavy atom. The summed E-state index contributed by atoms with van der Waals surface area (Å²) in [6.07, 6.45) is 5.24. The van der Waals surface area contributed by atoms with Crippen LogP contribution in [-0.2, 0) is 0 Å². The van der Waals surface area contributed by atoms with Gasteiger partial charge < -0.3 is 0 Å². The van der Waals surface area contributed by atoms with E-state index in [1.54, 1.807) is 18.6 Å². The number of halogens is 1. The second-order valence-electron chi connectivity index (χ2n) is 3.16. The van der Waals surface area contributed by atoms with Gasteiger partial charge in [-0.2, -0.15) is 5.10 Å². The fraction of sp³-hybridized carbons (Fsp3) is 0. The quantitative estimate of drug-likeness (QED) is 0.535. The first-order valence-electron chi connectivity index (χ1n) is 4.79. The molecule has 0 aliphatic carbocycles. The number of nitrogens with one attached hydrogen (secondary N) is 1. The molecule has 80 valence electrons. The maximum Gasteiger partial charge on any atom is 0.0745 e. The average molecular weight is 323 g/mol. The molecule has 1 aromatic heterocycles. The van der Waals surface area contributed by atoms with E-state index in [0.717, 1.165) is 11.3 Å². The van der Waals surface area contributed by atoms with Gasteiger partial charge in [0.15, 0.2) is 0 Å². The minimum atomic E-state index is 0.879. The first-order chi connectivity index (χ1) is 7.84. The van der Waals surface area contributed by atoms with Crippen LogP contribution in [-0.4, -0.2) is 11.2 Å². The van der Waals surface area contributed by atoms with Gasteiger partial charge in [-0.25, -0.2) is 0 Å². The molecule has 1 N–H and O–H groups in total. The summed E-state index contributed by atoms with van der Waals surface area (Å²) in [4.78, 5) is 3.98. The first-order valence-corrected chi connectivity index (χ1v) is 5.87. The second kappa shape index (κ2) is 5.60. The minimum Gasteiger partial charge on any atom is -0.277 e. The van der Waals surface area contributed by atoms with Crippen LogP contribution < -0.4 is 5.43 Å². The molecule has 0 aliphatic heterocycles. The topological polar surface area (TPSA) is 37.3 Å². The van der Waals surface area contributed by atoms with Gasteiger partial charge in [-0.3, -0.25) is 10.4 Å². The summed E-state index contributed by atoms with van der Waals surface area (Å²) >= 11 is 2.28. The number of rotatable bonds is 3. The van der Waals surface area contributed by atoms with Crippen LogP contribution in [0.25, 0.3) is 0 Å². The summed E-state index contributed by atoms with van der Waals surface area (Å²) in [5, 5.41) is 4.12. The summed E-state index contributed by atoms with van der Waals surface area (Å²) in [6.45, 7) is 0. The lowest BCUT2D eigenvalue weighted by atomic mass is 10.2. The summed E-state index contributed by atoms with van der Waals surface area (Å²) < 4.78 is 1.22. The van der Waals surface area contributed by atoms with Crippen LogP contribution in [0.1, 0.15) is 5.56 Å². The van der Waals surface area contributed by atoms with E-state index in [4.69, 9.17) is 0 Å². The van der Waals surface area contributed by atoms with Crippen molar-refractivity contribution < 1.29 is 0 Å². The fourth-order valence-corrected chi connectivity index (χ4v) is 1.52. The molecule has 0 radical (unpaired) electrons. The summed E-state index contributed by atoms with van der Waals surface area (Å²) in [5.41, 5.74) is 4.86. The number of nitrogens with zero attached hydrogens (tertiary/aromatic N) is 2. The smallest absolute Gasteiger partial charge is 0.0745 e. The number of hydrazone groups is 1. The number of hydrogen-bond acceptors (Lipinski definition) is 3.